The van der Waals surface area contributed by atoms with Crippen molar-refractivity contribution < 1.29 is 62.7 Å². The summed E-state index contributed by atoms with van der Waals surface area (Å²) in [7, 11) is -19.7. The van der Waals surface area contributed by atoms with E-state index in [1.165, 1.54) is 25.3 Å². The van der Waals surface area contributed by atoms with Gasteiger partial charge in [-0.2, -0.15) is 5.10 Å². The average Bonchev–Trinajstić information content (AvgIpc) is 3.35. The van der Waals surface area contributed by atoms with E-state index in [1.807, 2.05) is 0 Å². The zero-order valence-corrected chi connectivity index (χ0v) is 24.4. The van der Waals surface area contributed by atoms with Crippen LogP contribution < -0.4 is 5.32 Å². The van der Waals surface area contributed by atoms with E-state index in [0.717, 1.165) is 10.7 Å². The summed E-state index contributed by atoms with van der Waals surface area (Å²) >= 11 is 6.13. The number of nitrogens with one attached hydrogen (secondary N) is 1. The molecule has 236 valence electrons. The van der Waals surface area contributed by atoms with Crippen LogP contribution in [-0.2, 0) is 18.4 Å². The molecule has 13 nitrogen and oxygen atoms in total. The van der Waals surface area contributed by atoms with Crippen molar-refractivity contribution in [2.75, 3.05) is 17.8 Å². The van der Waals surface area contributed by atoms with Crippen molar-refractivity contribution in [3.8, 4) is 0 Å². The van der Waals surface area contributed by atoms with Crippen molar-refractivity contribution in [2.24, 2.45) is 0 Å². The predicted molar refractivity (Wildman–Crippen MR) is 141 cm³/mol. The van der Waals surface area contributed by atoms with Gasteiger partial charge in [0.25, 0.3) is 0 Å². The zero-order valence-electron chi connectivity index (χ0n) is 21.0. The van der Waals surface area contributed by atoms with Crippen molar-refractivity contribution >= 4 is 53.7 Å². The highest BCUT2D eigenvalue weighted by atomic mass is 35.5. The molecule has 2 aromatic heterocycles. The summed E-state index contributed by atoms with van der Waals surface area (Å²) in [5.41, 5.74) is -0.0205. The van der Waals surface area contributed by atoms with Crippen LogP contribution in [0.1, 0.15) is 24.8 Å². The van der Waals surface area contributed by atoms with E-state index in [0.29, 0.717) is 6.07 Å². The largest absolute Gasteiger partial charge is 0.387 e. The minimum atomic E-state index is -9.93. The minimum absolute atomic E-state index is 0.0508. The summed E-state index contributed by atoms with van der Waals surface area (Å²) in [5.74, 6) is -1.49. The molecule has 6 atom stereocenters. The molecule has 5 unspecified atom stereocenters. The van der Waals surface area contributed by atoms with Crippen LogP contribution in [0.5, 0.6) is 0 Å². The van der Waals surface area contributed by atoms with Crippen LogP contribution in [-0.4, -0.2) is 70.5 Å². The quantitative estimate of drug-likeness (QED) is 0.0962. The first kappa shape index (κ1) is 33.0. The van der Waals surface area contributed by atoms with Crippen LogP contribution in [0, 0.1) is 0 Å². The molecule has 4 rings (SSSR count). The summed E-state index contributed by atoms with van der Waals surface area (Å²) in [4.78, 5) is 29.5. The molecular weight excluding hydrogens is 665 g/mol. The second kappa shape index (κ2) is 10.3. The summed E-state index contributed by atoms with van der Waals surface area (Å²) in [6.07, 6.45) is -5.15. The molecule has 3 heterocycles. The number of nitrogens with zero attached hydrogens (tertiary/aromatic N) is 3. The maximum Gasteiger partial charge on any atom is 0.340 e. The van der Waals surface area contributed by atoms with Gasteiger partial charge in [-0.25, -0.2) is 9.67 Å². The van der Waals surface area contributed by atoms with Gasteiger partial charge in [-0.3, -0.25) is 9.13 Å². The Balaban J connectivity index is 1.58. The Bertz CT molecular complexity index is 1610. The third-order valence-corrected chi connectivity index (χ3v) is 10.9. The van der Waals surface area contributed by atoms with Crippen LogP contribution in [0.4, 0.5) is 25.1 Å². The molecule has 1 saturated heterocycles. The number of rotatable bonds is 10. The third-order valence-electron chi connectivity index (χ3n) is 6.09. The van der Waals surface area contributed by atoms with Gasteiger partial charge in [0.1, 0.15) is 28.4 Å². The molecule has 0 aliphatic carbocycles. The number of hydrogen-bond donors (Lipinski definition) is 6. The summed E-state index contributed by atoms with van der Waals surface area (Å²) in [5, 5.41) is 27.9. The van der Waals surface area contributed by atoms with E-state index in [1.54, 1.807) is 0 Å². The molecular formula is C20H24ClF5N4O9P2S. The van der Waals surface area contributed by atoms with Gasteiger partial charge in [0.15, 0.2) is 17.8 Å². The topological polar surface area (TPSA) is 196 Å². The Morgan fingerprint density at radius 1 is 1.14 bits per heavy atom. The van der Waals surface area contributed by atoms with Crippen molar-refractivity contribution in [1.29, 1.82) is 0 Å². The summed E-state index contributed by atoms with van der Waals surface area (Å²) in [6, 6.07) is 3.00. The van der Waals surface area contributed by atoms with Crippen molar-refractivity contribution in [2.45, 2.75) is 42.4 Å². The number of pyridine rings is 1. The molecule has 22 heteroatoms. The van der Waals surface area contributed by atoms with Gasteiger partial charge in [0, 0.05) is 6.04 Å². The van der Waals surface area contributed by atoms with Crippen LogP contribution in [0.25, 0.3) is 11.0 Å². The van der Waals surface area contributed by atoms with Gasteiger partial charge in [0.2, 0.25) is 0 Å². The standard InChI is InChI=1S/C20H24ClF5N4O9P2S/c1-10(11-3-2-4-12(5-11)42(22,23,24,25)26)28-14-6-16(21)29-19-13(14)7-27-30(19)20-18(32)17(31)15(39-20)8-38-41(36,37)9-40(33,34)35/h2-7,10,15,17-18,20,31-32H,8-9H2,1H3,(H,28,29)(H,36,37)(H2,33,34,35)/t10-,15?,17?,18?,20?/m0/s1. The molecule has 0 radical (unpaired) electrons. The van der Waals surface area contributed by atoms with Crippen molar-refractivity contribution in [1.82, 2.24) is 14.8 Å². The minimum Gasteiger partial charge on any atom is -0.387 e. The van der Waals surface area contributed by atoms with Gasteiger partial charge in [-0.05, 0) is 30.7 Å². The molecule has 0 saturated carbocycles. The molecule has 42 heavy (non-hydrogen) atoms. The first-order chi connectivity index (χ1) is 18.9. The smallest absolute Gasteiger partial charge is 0.340 e. The first-order valence-electron chi connectivity index (χ1n) is 11.6. The molecule has 3 aromatic rings. The lowest BCUT2D eigenvalue weighted by molar-refractivity contribution is -0.0541. The third kappa shape index (κ3) is 7.60. The van der Waals surface area contributed by atoms with Crippen LogP contribution in [0.3, 0.4) is 0 Å². The number of aliphatic hydroxyl groups is 2. The lowest BCUT2D eigenvalue weighted by Crippen LogP contribution is -2.33. The van der Waals surface area contributed by atoms with E-state index in [9.17, 15) is 43.7 Å². The fourth-order valence-electron chi connectivity index (χ4n) is 4.17. The number of hydrogen-bond acceptors (Lipinski definition) is 9. The monoisotopic (exact) mass is 688 g/mol. The van der Waals surface area contributed by atoms with Crippen molar-refractivity contribution in [3.63, 3.8) is 0 Å². The highest BCUT2D eigenvalue weighted by Crippen LogP contribution is 3.02. The van der Waals surface area contributed by atoms with Gasteiger partial charge < -0.3 is 39.5 Å². The molecule has 0 spiro atoms. The molecule has 1 aliphatic rings. The molecule has 6 N–H and O–H groups in total. The number of aliphatic hydroxyl groups excluding tert-OH is 2. The van der Waals surface area contributed by atoms with E-state index in [-0.39, 0.29) is 33.5 Å². The van der Waals surface area contributed by atoms with Crippen LogP contribution in [0.15, 0.2) is 41.4 Å². The lowest BCUT2D eigenvalue weighted by atomic mass is 10.1. The SMILES string of the molecule is C[C@H](Nc1cc(Cl)nc2c1cnn2C1OC(COP(=O)(O)CP(=O)(O)O)C(O)C1O)c1cccc(S(F)(F)(F)(F)F)c1. The summed E-state index contributed by atoms with van der Waals surface area (Å²) < 4.78 is 101. The second-order valence-electron chi connectivity index (χ2n) is 9.51. The number of aromatic nitrogens is 3. The highest BCUT2D eigenvalue weighted by Gasteiger charge is 2.65. The average molecular weight is 689 g/mol. The van der Waals surface area contributed by atoms with Gasteiger partial charge in [0.05, 0.1) is 23.9 Å². The Morgan fingerprint density at radius 2 is 1.81 bits per heavy atom. The van der Waals surface area contributed by atoms with Gasteiger partial charge >= 0.3 is 25.4 Å². The zero-order chi connectivity index (χ0) is 31.5. The maximum absolute atomic E-state index is 13.3. The van der Waals surface area contributed by atoms with Crippen LogP contribution in [0.2, 0.25) is 5.15 Å². The molecule has 1 aromatic carbocycles. The molecule has 0 bridgehead atoms. The number of halogens is 6. The number of fused-ring (bicyclic) bond motifs is 1. The summed E-state index contributed by atoms with van der Waals surface area (Å²) in [6.45, 7) is 0.560. The number of anilines is 1. The maximum atomic E-state index is 13.3. The normalized spacial score (nSPS) is 25.5. The van der Waals surface area contributed by atoms with Gasteiger partial charge in [-0.15, -0.1) is 0 Å². The van der Waals surface area contributed by atoms with Crippen LogP contribution >= 0.6 is 37.0 Å². The fraction of sp³-hybridized carbons (Fsp3) is 0.400. The van der Waals surface area contributed by atoms with E-state index >= 15 is 0 Å². The Kier molecular flexibility index (Phi) is 8.13. The Morgan fingerprint density at radius 3 is 2.43 bits per heavy atom. The number of ether oxygens (including phenoxy) is 1. The molecule has 1 aliphatic heterocycles. The van der Waals surface area contributed by atoms with Gasteiger partial charge in [-0.1, -0.05) is 43.2 Å². The van der Waals surface area contributed by atoms with E-state index in [2.05, 4.69) is 19.9 Å². The molecule has 1 fully saturated rings. The lowest BCUT2D eigenvalue weighted by Gasteiger charge is -2.40. The molecule has 0 amide bonds. The van der Waals surface area contributed by atoms with E-state index < -0.39 is 73.4 Å². The fourth-order valence-corrected chi connectivity index (χ4v) is 7.62. The predicted octanol–water partition coefficient (Wildman–Crippen LogP) is 4.87. The highest BCUT2D eigenvalue weighted by molar-refractivity contribution is 8.45. The Hall–Kier alpha value is -1.89. The second-order valence-corrected chi connectivity index (χ2v) is 16.3. The van der Waals surface area contributed by atoms with Crippen molar-refractivity contribution in [3.05, 3.63) is 47.2 Å². The first-order valence-corrected chi connectivity index (χ1v) is 17.5. The van der Waals surface area contributed by atoms with E-state index in [4.69, 9.17) is 26.1 Å². The number of benzene rings is 1. The Labute approximate surface area is 238 Å².